The summed E-state index contributed by atoms with van der Waals surface area (Å²) in [6.07, 6.45) is 4.71. The molecular formula is C50H73N13O10. The molecule has 73 heavy (non-hydrogen) atoms. The molecule has 0 bridgehead atoms. The van der Waals surface area contributed by atoms with E-state index in [0.717, 1.165) is 5.56 Å². The molecule has 1 aliphatic heterocycles. The first-order valence-electron chi connectivity index (χ1n) is 24.6. The van der Waals surface area contributed by atoms with E-state index in [0.29, 0.717) is 36.9 Å². The normalized spacial score (nSPS) is 16.1. The van der Waals surface area contributed by atoms with Crippen molar-refractivity contribution in [1.82, 2.24) is 52.1 Å². The zero-order chi connectivity index (χ0) is 53.6. The number of carboxylic acids is 1. The summed E-state index contributed by atoms with van der Waals surface area (Å²) in [4.78, 5) is 123. The van der Waals surface area contributed by atoms with E-state index in [1.807, 2.05) is 37.3 Å². The van der Waals surface area contributed by atoms with E-state index in [1.165, 1.54) is 29.6 Å². The van der Waals surface area contributed by atoms with Gasteiger partial charge in [-0.3, -0.25) is 38.6 Å². The number of nitrogens with two attached hydrogens (primary N) is 2. The smallest absolute Gasteiger partial charge is 0.326 e. The number of likely N-dealkylation sites (N-methyl/N-ethyl adjacent to an activating group) is 1. The van der Waals surface area contributed by atoms with Gasteiger partial charge in [0, 0.05) is 37.8 Å². The fourth-order valence-corrected chi connectivity index (χ4v) is 8.32. The van der Waals surface area contributed by atoms with Crippen molar-refractivity contribution in [2.45, 2.75) is 128 Å². The van der Waals surface area contributed by atoms with E-state index in [9.17, 15) is 48.6 Å². The number of carbonyl (C=O) groups excluding carboxylic acids is 7. The predicted octanol–water partition coefficient (Wildman–Crippen LogP) is -0.507. The molecule has 23 heteroatoms. The number of likely N-dealkylation sites (tertiary alicyclic amines) is 1. The Kier molecular flexibility index (Phi) is 23.1. The van der Waals surface area contributed by atoms with Gasteiger partial charge in [-0.15, -0.1) is 0 Å². The number of amides is 7. The maximum atomic E-state index is 14.6. The topological polar surface area (TPSA) is 358 Å². The molecule has 1 saturated heterocycles. The standard InChI is InChI=1S/C50H73N13O10/c1-6-30(4)42(47(70)60-38(25-33-26-54-28-56-33)48(71)63-23-11-15-39(63)45(68)58-36(49(72)73)21-18-31-12-8-7-9-13-31)62-44(67)37(24-32-16-19-34(64)20-17-32)59-46(69)41(29(2)3)61-43(66)35(57-40(65)27-53-5)14-10-22-55-50(51)52/h7-9,12-13,16-17,19-20,26,28-30,35-39,41-42,53,64H,6,10-11,14-15,18,21-25,27H2,1-5H3,(H,54,56)(H,57,65)(H,58,68)(H,59,69)(H,60,70)(H,61,66)(H,62,67)(H,72,73)(H4,51,52,55)/t30-,35-,36-,37-,38-,39-,41-,42-/m0/s1. The van der Waals surface area contributed by atoms with Gasteiger partial charge in [-0.2, -0.15) is 0 Å². The number of H-pyrrole nitrogens is 1. The van der Waals surface area contributed by atoms with Crippen LogP contribution in [0.15, 0.2) is 72.1 Å². The molecule has 0 unspecified atom stereocenters. The van der Waals surface area contributed by atoms with E-state index < -0.39 is 101 Å². The lowest BCUT2D eigenvalue weighted by atomic mass is 9.96. The van der Waals surface area contributed by atoms with Crippen molar-refractivity contribution in [3.8, 4) is 5.75 Å². The summed E-state index contributed by atoms with van der Waals surface area (Å²) in [7, 11) is 1.57. The van der Waals surface area contributed by atoms with Gasteiger partial charge in [0.1, 0.15) is 48.0 Å². The van der Waals surface area contributed by atoms with Crippen molar-refractivity contribution in [3.63, 3.8) is 0 Å². The second kappa shape index (κ2) is 29.1. The van der Waals surface area contributed by atoms with Gasteiger partial charge in [-0.1, -0.05) is 76.6 Å². The largest absolute Gasteiger partial charge is 0.508 e. The van der Waals surface area contributed by atoms with Crippen LogP contribution < -0.4 is 48.7 Å². The number of carboxylic acid groups (broad SMARTS) is 1. The molecule has 14 N–H and O–H groups in total. The third kappa shape index (κ3) is 18.5. The van der Waals surface area contributed by atoms with Crippen LogP contribution >= 0.6 is 0 Å². The number of imidazole rings is 1. The van der Waals surface area contributed by atoms with Gasteiger partial charge in [0.15, 0.2) is 5.96 Å². The van der Waals surface area contributed by atoms with Crippen LogP contribution in [0.2, 0.25) is 0 Å². The van der Waals surface area contributed by atoms with E-state index >= 15 is 0 Å². The number of carbonyl (C=O) groups is 8. The average molecular weight is 1020 g/mol. The Morgan fingerprint density at radius 2 is 1.44 bits per heavy atom. The van der Waals surface area contributed by atoms with Crippen LogP contribution in [0, 0.1) is 11.8 Å². The summed E-state index contributed by atoms with van der Waals surface area (Å²) in [6.45, 7) is 7.17. The number of aromatic nitrogens is 2. The van der Waals surface area contributed by atoms with Crippen LogP contribution in [0.5, 0.6) is 5.75 Å². The van der Waals surface area contributed by atoms with Gasteiger partial charge in [0.2, 0.25) is 41.4 Å². The minimum atomic E-state index is -1.35. The number of hydrogen-bond donors (Lipinski definition) is 12. The lowest BCUT2D eigenvalue weighted by Gasteiger charge is -2.32. The Labute approximate surface area is 425 Å². The third-order valence-electron chi connectivity index (χ3n) is 12.6. The molecule has 0 saturated carbocycles. The molecule has 8 atom stereocenters. The highest BCUT2D eigenvalue weighted by atomic mass is 16.4. The van der Waals surface area contributed by atoms with Crippen LogP contribution in [-0.2, 0) is 57.6 Å². The molecule has 1 fully saturated rings. The third-order valence-corrected chi connectivity index (χ3v) is 12.6. The number of aromatic amines is 1. The Balaban J connectivity index is 1.57. The zero-order valence-corrected chi connectivity index (χ0v) is 42.2. The molecule has 2 aromatic carbocycles. The van der Waals surface area contributed by atoms with E-state index in [1.54, 1.807) is 40.0 Å². The lowest BCUT2D eigenvalue weighted by molar-refractivity contribution is -0.145. The van der Waals surface area contributed by atoms with Crippen molar-refractivity contribution in [1.29, 1.82) is 0 Å². The van der Waals surface area contributed by atoms with Crippen LogP contribution in [0.4, 0.5) is 0 Å². The van der Waals surface area contributed by atoms with Crippen LogP contribution in [0.3, 0.4) is 0 Å². The van der Waals surface area contributed by atoms with E-state index in [2.05, 4.69) is 52.2 Å². The molecule has 1 aromatic heterocycles. The molecule has 2 heterocycles. The second-order valence-corrected chi connectivity index (χ2v) is 18.6. The van der Waals surface area contributed by atoms with Crippen molar-refractivity contribution in [2.24, 2.45) is 28.3 Å². The molecule has 398 valence electrons. The molecule has 0 aliphatic carbocycles. The maximum Gasteiger partial charge on any atom is 0.326 e. The number of phenolic OH excluding ortho intramolecular Hbond substituents is 1. The second-order valence-electron chi connectivity index (χ2n) is 18.6. The number of aliphatic imine (C=N–C) groups is 1. The number of nitrogens with zero attached hydrogens (tertiary/aromatic N) is 3. The molecule has 23 nitrogen and oxygen atoms in total. The highest BCUT2D eigenvalue weighted by Crippen LogP contribution is 2.21. The fourth-order valence-electron chi connectivity index (χ4n) is 8.32. The summed E-state index contributed by atoms with van der Waals surface area (Å²) in [5.74, 6) is -7.10. The van der Waals surface area contributed by atoms with Gasteiger partial charge in [-0.25, -0.2) is 9.78 Å². The monoisotopic (exact) mass is 1020 g/mol. The molecule has 1 aliphatic rings. The molecule has 4 rings (SSSR count). The number of aromatic hydroxyl groups is 1. The number of hydrogen-bond acceptors (Lipinski definition) is 12. The summed E-state index contributed by atoms with van der Waals surface area (Å²) in [5.41, 5.74) is 12.8. The van der Waals surface area contributed by atoms with Gasteiger partial charge in [-0.05, 0) is 80.7 Å². The maximum absolute atomic E-state index is 14.6. The van der Waals surface area contributed by atoms with Gasteiger partial charge < -0.3 is 68.8 Å². The molecule has 3 aromatic rings. The van der Waals surface area contributed by atoms with Crippen LogP contribution in [0.25, 0.3) is 0 Å². The van der Waals surface area contributed by atoms with E-state index in [-0.39, 0.29) is 63.4 Å². The van der Waals surface area contributed by atoms with Gasteiger partial charge in [0.05, 0.1) is 12.9 Å². The molecular weight excluding hydrogens is 943 g/mol. The molecule has 0 spiro atoms. The highest BCUT2D eigenvalue weighted by molar-refractivity contribution is 5.98. The van der Waals surface area contributed by atoms with Gasteiger partial charge in [0.25, 0.3) is 0 Å². The van der Waals surface area contributed by atoms with Crippen molar-refractivity contribution in [3.05, 3.63) is 83.9 Å². The highest BCUT2D eigenvalue weighted by Gasteiger charge is 2.41. The number of rotatable bonds is 29. The summed E-state index contributed by atoms with van der Waals surface area (Å²) in [5, 5.41) is 39.2. The quantitative estimate of drug-likeness (QED) is 0.0237. The van der Waals surface area contributed by atoms with Crippen molar-refractivity contribution in [2.75, 3.05) is 26.7 Å². The van der Waals surface area contributed by atoms with Crippen molar-refractivity contribution >= 4 is 53.3 Å². The first-order valence-corrected chi connectivity index (χ1v) is 24.6. The van der Waals surface area contributed by atoms with E-state index in [4.69, 9.17) is 11.5 Å². The van der Waals surface area contributed by atoms with Crippen molar-refractivity contribution < 1.29 is 48.6 Å². The first-order chi connectivity index (χ1) is 34.8. The Morgan fingerprint density at radius 3 is 2.05 bits per heavy atom. The van der Waals surface area contributed by atoms with Crippen LogP contribution in [0.1, 0.15) is 83.0 Å². The molecule has 7 amide bonds. The number of aryl methyl sites for hydroxylation is 1. The fraction of sp³-hybridized carbons (Fsp3) is 0.520. The predicted molar refractivity (Wildman–Crippen MR) is 271 cm³/mol. The number of phenols is 1. The minimum Gasteiger partial charge on any atom is -0.508 e. The Hall–Kier alpha value is -7.56. The summed E-state index contributed by atoms with van der Waals surface area (Å²) >= 11 is 0. The zero-order valence-electron chi connectivity index (χ0n) is 42.2. The average Bonchev–Trinajstić information content (AvgIpc) is 4.08. The number of aliphatic carboxylic acids is 1. The summed E-state index contributed by atoms with van der Waals surface area (Å²) < 4.78 is 0. The Morgan fingerprint density at radius 1 is 0.781 bits per heavy atom. The first kappa shape index (κ1) is 58.0. The number of nitrogens with one attached hydrogen (secondary N) is 8. The SMILES string of the molecule is CC[C@H](C)[C@H](NC(=O)[C@H](Cc1ccc(O)cc1)NC(=O)[C@@H](NC(=O)[C@H](CCCN=C(N)N)NC(=O)CNC)C(C)C)C(=O)N[C@@H](Cc1cnc[nH]1)C(=O)N1CCC[C@H]1C(=O)N[C@@H](CCc1ccccc1)C(=O)O. The molecule has 0 radical (unpaired) electrons. The Bertz CT molecular complexity index is 2330. The number of benzene rings is 2. The number of guanidine groups is 1. The minimum absolute atomic E-state index is 0.0389. The van der Waals surface area contributed by atoms with Crippen LogP contribution in [-0.4, -0.2) is 147 Å². The lowest BCUT2D eigenvalue weighted by Crippen LogP contribution is -2.62. The van der Waals surface area contributed by atoms with Gasteiger partial charge >= 0.3 is 5.97 Å². The summed E-state index contributed by atoms with van der Waals surface area (Å²) in [6, 6.07) is 6.75.